The van der Waals surface area contributed by atoms with Crippen molar-refractivity contribution in [2.24, 2.45) is 5.73 Å². The fraction of sp³-hybridized carbons (Fsp3) is 0.125. The maximum absolute atomic E-state index is 13.2. The Hall–Kier alpha value is -0.670. The molecule has 62 valence electrons. The molecule has 0 aliphatic rings. The van der Waals surface area contributed by atoms with E-state index in [9.17, 15) is 4.39 Å². The fourth-order valence-electron chi connectivity index (χ4n) is 0.833. The molecule has 0 saturated heterocycles. The molecule has 0 heterocycles. The van der Waals surface area contributed by atoms with Gasteiger partial charge in [-0.05, 0) is 34.2 Å². The highest BCUT2D eigenvalue weighted by molar-refractivity contribution is 14.1. The molecule has 1 aromatic rings. The zero-order chi connectivity index (χ0) is 9.14. The van der Waals surface area contributed by atoms with Gasteiger partial charge in [-0.15, -0.1) is 0 Å². The zero-order valence-corrected chi connectivity index (χ0v) is 8.30. The number of benzene rings is 1. The van der Waals surface area contributed by atoms with Crippen molar-refractivity contribution in [3.05, 3.63) is 32.6 Å². The molecule has 0 aliphatic carbocycles. The molecule has 0 atom stereocenters. The third-order valence-corrected chi connectivity index (χ3v) is 2.67. The van der Waals surface area contributed by atoms with E-state index in [0.717, 1.165) is 5.56 Å². The first-order valence-electron chi connectivity index (χ1n) is 3.27. The first kappa shape index (κ1) is 9.42. The minimum absolute atomic E-state index is 0.0663. The monoisotopic (exact) mass is 276 g/mol. The first-order chi connectivity index (χ1) is 5.70. The van der Waals surface area contributed by atoms with E-state index in [4.69, 9.17) is 11.0 Å². The Labute approximate surface area is 83.3 Å². The molecule has 0 amide bonds. The lowest BCUT2D eigenvalue weighted by molar-refractivity contribution is 0.613. The molecule has 2 N–H and O–H groups in total. The summed E-state index contributed by atoms with van der Waals surface area (Å²) in [5, 5.41) is 8.48. The number of halogens is 2. The van der Waals surface area contributed by atoms with Gasteiger partial charge in [0.1, 0.15) is 6.07 Å². The van der Waals surface area contributed by atoms with E-state index < -0.39 is 5.82 Å². The second-order valence-corrected chi connectivity index (χ2v) is 3.29. The Morgan fingerprint density at radius 2 is 2.25 bits per heavy atom. The van der Waals surface area contributed by atoms with Crippen molar-refractivity contribution < 1.29 is 4.39 Å². The largest absolute Gasteiger partial charge is 0.326 e. The van der Waals surface area contributed by atoms with Gasteiger partial charge in [0.2, 0.25) is 0 Å². The van der Waals surface area contributed by atoms with E-state index in [-0.39, 0.29) is 5.56 Å². The van der Waals surface area contributed by atoms with Crippen molar-refractivity contribution in [3.8, 4) is 6.07 Å². The third kappa shape index (κ3) is 1.57. The molecule has 4 heteroatoms. The Morgan fingerprint density at radius 1 is 1.58 bits per heavy atom. The SMILES string of the molecule is N#Cc1ccc(CN)c(I)c1F. The van der Waals surface area contributed by atoms with Gasteiger partial charge in [0, 0.05) is 6.54 Å². The number of nitriles is 1. The molecule has 2 nitrogen and oxygen atoms in total. The number of rotatable bonds is 1. The Balaban J connectivity index is 3.32. The van der Waals surface area contributed by atoms with E-state index >= 15 is 0 Å². The summed E-state index contributed by atoms with van der Waals surface area (Å²) >= 11 is 1.85. The highest BCUT2D eigenvalue weighted by Gasteiger charge is 2.08. The fourth-order valence-corrected chi connectivity index (χ4v) is 1.52. The lowest BCUT2D eigenvalue weighted by Crippen LogP contribution is -2.02. The van der Waals surface area contributed by atoms with Gasteiger partial charge in [-0.25, -0.2) is 4.39 Å². The molecule has 0 saturated carbocycles. The van der Waals surface area contributed by atoms with Crippen LogP contribution in [-0.2, 0) is 6.54 Å². The zero-order valence-electron chi connectivity index (χ0n) is 6.14. The highest BCUT2D eigenvalue weighted by atomic mass is 127. The maximum atomic E-state index is 13.2. The summed E-state index contributed by atoms with van der Waals surface area (Å²) in [7, 11) is 0. The Morgan fingerprint density at radius 3 is 2.75 bits per heavy atom. The van der Waals surface area contributed by atoms with Crippen molar-refractivity contribution >= 4 is 22.6 Å². The molecular formula is C8H6FIN2. The molecule has 0 spiro atoms. The van der Waals surface area contributed by atoms with Crippen LogP contribution < -0.4 is 5.73 Å². The van der Waals surface area contributed by atoms with Crippen molar-refractivity contribution in [1.29, 1.82) is 5.26 Å². The van der Waals surface area contributed by atoms with E-state index in [1.165, 1.54) is 6.07 Å². The maximum Gasteiger partial charge on any atom is 0.154 e. The average Bonchev–Trinajstić information content (AvgIpc) is 2.10. The summed E-state index contributed by atoms with van der Waals surface area (Å²) in [6.07, 6.45) is 0. The predicted molar refractivity (Wildman–Crippen MR) is 51.7 cm³/mol. The van der Waals surface area contributed by atoms with Crippen LogP contribution in [0.4, 0.5) is 4.39 Å². The molecule has 0 fully saturated rings. The summed E-state index contributed by atoms with van der Waals surface area (Å²) in [6.45, 7) is 0.293. The quantitative estimate of drug-likeness (QED) is 0.794. The molecule has 1 aromatic carbocycles. The van der Waals surface area contributed by atoms with Crippen LogP contribution in [0.2, 0.25) is 0 Å². The van der Waals surface area contributed by atoms with Crippen molar-refractivity contribution in [1.82, 2.24) is 0 Å². The molecular weight excluding hydrogens is 270 g/mol. The minimum atomic E-state index is -0.471. The van der Waals surface area contributed by atoms with E-state index in [2.05, 4.69) is 0 Å². The van der Waals surface area contributed by atoms with Crippen molar-refractivity contribution in [2.75, 3.05) is 0 Å². The lowest BCUT2D eigenvalue weighted by Gasteiger charge is -2.02. The van der Waals surface area contributed by atoms with Crippen LogP contribution in [0.5, 0.6) is 0 Å². The predicted octanol–water partition coefficient (Wildman–Crippen LogP) is 1.76. The number of hydrogen-bond donors (Lipinski definition) is 1. The molecule has 0 bridgehead atoms. The van der Waals surface area contributed by atoms with Gasteiger partial charge >= 0.3 is 0 Å². The van der Waals surface area contributed by atoms with E-state index in [1.807, 2.05) is 22.6 Å². The van der Waals surface area contributed by atoms with Crippen molar-refractivity contribution in [3.63, 3.8) is 0 Å². The topological polar surface area (TPSA) is 49.8 Å². The van der Waals surface area contributed by atoms with E-state index in [0.29, 0.717) is 10.1 Å². The van der Waals surface area contributed by atoms with Gasteiger partial charge in [-0.2, -0.15) is 5.26 Å². The highest BCUT2D eigenvalue weighted by Crippen LogP contribution is 2.18. The van der Waals surface area contributed by atoms with Gasteiger partial charge in [0.15, 0.2) is 5.82 Å². The van der Waals surface area contributed by atoms with Gasteiger partial charge in [-0.1, -0.05) is 6.07 Å². The molecule has 0 unspecified atom stereocenters. The van der Waals surface area contributed by atoms with Gasteiger partial charge < -0.3 is 5.73 Å². The van der Waals surface area contributed by atoms with Crippen LogP contribution in [0.1, 0.15) is 11.1 Å². The standard InChI is InChI=1S/C8H6FIN2/c9-7-5(3-11)1-2-6(4-12)8(7)10/h1-2H,4,12H2. The van der Waals surface area contributed by atoms with Crippen LogP contribution in [0.3, 0.4) is 0 Å². The Bertz CT molecular complexity index is 344. The average molecular weight is 276 g/mol. The number of nitrogens with two attached hydrogens (primary N) is 1. The lowest BCUT2D eigenvalue weighted by atomic mass is 10.1. The normalized spacial score (nSPS) is 9.50. The summed E-state index contributed by atoms with van der Waals surface area (Å²) in [5.41, 5.74) is 6.15. The second-order valence-electron chi connectivity index (χ2n) is 2.22. The van der Waals surface area contributed by atoms with Gasteiger partial charge in [0.25, 0.3) is 0 Å². The smallest absolute Gasteiger partial charge is 0.154 e. The van der Waals surface area contributed by atoms with Crippen LogP contribution in [0, 0.1) is 20.7 Å². The van der Waals surface area contributed by atoms with Crippen LogP contribution in [0.15, 0.2) is 12.1 Å². The van der Waals surface area contributed by atoms with Gasteiger partial charge in [0.05, 0.1) is 9.13 Å². The molecule has 0 radical (unpaired) electrons. The van der Waals surface area contributed by atoms with Crippen LogP contribution in [0.25, 0.3) is 0 Å². The molecule has 0 aromatic heterocycles. The minimum Gasteiger partial charge on any atom is -0.326 e. The summed E-state index contributed by atoms with van der Waals surface area (Å²) in [5.74, 6) is -0.471. The summed E-state index contributed by atoms with van der Waals surface area (Å²) in [6, 6.07) is 4.88. The number of hydrogen-bond acceptors (Lipinski definition) is 2. The van der Waals surface area contributed by atoms with Crippen molar-refractivity contribution in [2.45, 2.75) is 6.54 Å². The Kier molecular flexibility index (Phi) is 3.00. The first-order valence-corrected chi connectivity index (χ1v) is 4.35. The van der Waals surface area contributed by atoms with Gasteiger partial charge in [-0.3, -0.25) is 0 Å². The van der Waals surface area contributed by atoms with E-state index in [1.54, 1.807) is 12.1 Å². The molecule has 0 aliphatic heterocycles. The number of nitrogens with zero attached hydrogens (tertiary/aromatic N) is 1. The summed E-state index contributed by atoms with van der Waals surface area (Å²) in [4.78, 5) is 0. The third-order valence-electron chi connectivity index (χ3n) is 1.50. The van der Waals surface area contributed by atoms with Crippen LogP contribution >= 0.6 is 22.6 Å². The summed E-state index contributed by atoms with van der Waals surface area (Å²) < 4.78 is 13.6. The second kappa shape index (κ2) is 3.83. The molecule has 12 heavy (non-hydrogen) atoms. The van der Waals surface area contributed by atoms with Crippen LogP contribution in [-0.4, -0.2) is 0 Å². The molecule has 1 rings (SSSR count).